The fraction of sp³-hybridized carbons (Fsp3) is 0.600. The van der Waals surface area contributed by atoms with Gasteiger partial charge in [0.2, 0.25) is 0 Å². The molecule has 0 spiro atoms. The van der Waals surface area contributed by atoms with Crippen LogP contribution in [-0.2, 0) is 6.42 Å². The number of halogens is 1. The normalized spacial score (nSPS) is 23.7. The summed E-state index contributed by atoms with van der Waals surface area (Å²) < 4.78 is 0. The number of anilines is 1. The third kappa shape index (κ3) is 3.69. The molecule has 1 saturated carbocycles. The van der Waals surface area contributed by atoms with Gasteiger partial charge in [0.1, 0.15) is 17.2 Å². The van der Waals surface area contributed by atoms with Crippen molar-refractivity contribution in [1.29, 1.82) is 0 Å². The molecule has 3 nitrogen and oxygen atoms in total. The van der Waals surface area contributed by atoms with Crippen LogP contribution < -0.4 is 5.32 Å². The van der Waals surface area contributed by atoms with Crippen molar-refractivity contribution in [2.45, 2.75) is 52.0 Å². The summed E-state index contributed by atoms with van der Waals surface area (Å²) in [6, 6.07) is 0.485. The highest BCUT2D eigenvalue weighted by atomic mass is 35.5. The molecule has 1 fully saturated rings. The SMILES string of the molecule is C/C=C/C1CCC(Nc2ncnc(CC)c2Cl)CC1. The second-order valence-electron chi connectivity index (χ2n) is 5.12. The van der Waals surface area contributed by atoms with Gasteiger partial charge in [0.05, 0.1) is 5.69 Å². The minimum absolute atomic E-state index is 0.485. The average Bonchev–Trinajstić information content (AvgIpc) is 2.43. The first-order chi connectivity index (χ1) is 9.24. The largest absolute Gasteiger partial charge is 0.366 e. The number of hydrogen-bond acceptors (Lipinski definition) is 3. The standard InChI is InChI=1S/C15H22ClN3/c1-3-5-11-6-8-12(9-7-11)19-15-14(16)13(4-2)17-10-18-15/h3,5,10-12H,4,6-9H2,1-2H3,(H,17,18,19)/b5-3+. The number of aromatic nitrogens is 2. The summed E-state index contributed by atoms with van der Waals surface area (Å²) in [5, 5.41) is 4.16. The van der Waals surface area contributed by atoms with Gasteiger partial charge in [0.15, 0.2) is 0 Å². The zero-order chi connectivity index (χ0) is 13.7. The van der Waals surface area contributed by atoms with Crippen molar-refractivity contribution in [3.63, 3.8) is 0 Å². The smallest absolute Gasteiger partial charge is 0.148 e. The molecule has 0 bridgehead atoms. The van der Waals surface area contributed by atoms with E-state index in [1.165, 1.54) is 25.7 Å². The predicted molar refractivity (Wildman–Crippen MR) is 80.6 cm³/mol. The van der Waals surface area contributed by atoms with Crippen LogP contribution >= 0.6 is 11.6 Å². The Hall–Kier alpha value is -1.09. The van der Waals surface area contributed by atoms with E-state index in [-0.39, 0.29) is 0 Å². The first kappa shape index (κ1) is 14.3. The molecule has 0 saturated heterocycles. The van der Waals surface area contributed by atoms with Crippen LogP contribution in [0.3, 0.4) is 0 Å². The summed E-state index contributed by atoms with van der Waals surface area (Å²) in [6.45, 7) is 4.15. The number of nitrogens with one attached hydrogen (secondary N) is 1. The Morgan fingerprint density at radius 3 is 2.68 bits per heavy atom. The molecule has 0 atom stereocenters. The van der Waals surface area contributed by atoms with Gasteiger partial charge in [-0.3, -0.25) is 0 Å². The monoisotopic (exact) mass is 279 g/mol. The van der Waals surface area contributed by atoms with Crippen molar-refractivity contribution in [2.24, 2.45) is 5.92 Å². The van der Waals surface area contributed by atoms with Crippen molar-refractivity contribution >= 4 is 17.4 Å². The van der Waals surface area contributed by atoms with Crippen molar-refractivity contribution < 1.29 is 0 Å². The highest BCUT2D eigenvalue weighted by molar-refractivity contribution is 6.33. The highest BCUT2D eigenvalue weighted by Gasteiger charge is 2.20. The molecule has 2 rings (SSSR count). The summed E-state index contributed by atoms with van der Waals surface area (Å²) in [6.07, 6.45) is 11.8. The Labute approximate surface area is 120 Å². The summed E-state index contributed by atoms with van der Waals surface area (Å²) in [4.78, 5) is 8.46. The first-order valence-electron chi connectivity index (χ1n) is 7.13. The van der Waals surface area contributed by atoms with E-state index in [0.717, 1.165) is 23.9 Å². The van der Waals surface area contributed by atoms with Gasteiger partial charge in [-0.2, -0.15) is 0 Å². The number of rotatable bonds is 4. The molecule has 1 aliphatic rings. The molecular formula is C15H22ClN3. The molecule has 1 aliphatic carbocycles. The Balaban J connectivity index is 1.96. The van der Waals surface area contributed by atoms with Crippen LogP contribution in [0.5, 0.6) is 0 Å². The molecule has 104 valence electrons. The summed E-state index contributed by atoms with van der Waals surface area (Å²) >= 11 is 6.31. The molecule has 0 radical (unpaired) electrons. The fourth-order valence-electron chi connectivity index (χ4n) is 2.67. The molecule has 0 aromatic carbocycles. The quantitative estimate of drug-likeness (QED) is 0.838. The minimum Gasteiger partial charge on any atom is -0.366 e. The Morgan fingerprint density at radius 2 is 2.05 bits per heavy atom. The van der Waals surface area contributed by atoms with Crippen molar-refractivity contribution in [3.05, 3.63) is 29.2 Å². The number of nitrogens with zero attached hydrogens (tertiary/aromatic N) is 2. The molecule has 1 aromatic heterocycles. The van der Waals surface area contributed by atoms with Crippen LogP contribution in [-0.4, -0.2) is 16.0 Å². The van der Waals surface area contributed by atoms with E-state index in [9.17, 15) is 0 Å². The Morgan fingerprint density at radius 1 is 1.32 bits per heavy atom. The van der Waals surface area contributed by atoms with Crippen LogP contribution in [0.4, 0.5) is 5.82 Å². The van der Waals surface area contributed by atoms with Crippen LogP contribution in [0.15, 0.2) is 18.5 Å². The van der Waals surface area contributed by atoms with Gasteiger partial charge in [-0.05, 0) is 44.9 Å². The Kier molecular flexibility index (Phi) is 5.20. The second kappa shape index (κ2) is 6.90. The van der Waals surface area contributed by atoms with Crippen molar-refractivity contribution in [2.75, 3.05) is 5.32 Å². The van der Waals surface area contributed by atoms with Gasteiger partial charge in [-0.1, -0.05) is 30.7 Å². The first-order valence-corrected chi connectivity index (χ1v) is 7.51. The topological polar surface area (TPSA) is 37.8 Å². The fourth-order valence-corrected chi connectivity index (χ4v) is 2.96. The maximum absolute atomic E-state index is 6.31. The van der Waals surface area contributed by atoms with E-state index in [1.54, 1.807) is 6.33 Å². The van der Waals surface area contributed by atoms with Gasteiger partial charge in [-0.25, -0.2) is 9.97 Å². The summed E-state index contributed by atoms with van der Waals surface area (Å²) in [5.41, 5.74) is 0.918. The molecule has 4 heteroatoms. The maximum Gasteiger partial charge on any atom is 0.148 e. The molecule has 19 heavy (non-hydrogen) atoms. The van der Waals surface area contributed by atoms with Crippen LogP contribution in [0, 0.1) is 5.92 Å². The number of aryl methyl sites for hydroxylation is 1. The third-order valence-corrected chi connectivity index (χ3v) is 4.17. The lowest BCUT2D eigenvalue weighted by Gasteiger charge is -2.28. The zero-order valence-corrected chi connectivity index (χ0v) is 12.5. The van der Waals surface area contributed by atoms with Gasteiger partial charge >= 0.3 is 0 Å². The average molecular weight is 280 g/mol. The third-order valence-electron chi connectivity index (χ3n) is 3.77. The van der Waals surface area contributed by atoms with E-state index in [1.807, 2.05) is 0 Å². The maximum atomic E-state index is 6.31. The molecule has 0 amide bonds. The predicted octanol–water partition coefficient (Wildman–Crippen LogP) is 4.24. The van der Waals surface area contributed by atoms with Gasteiger partial charge in [0.25, 0.3) is 0 Å². The lowest BCUT2D eigenvalue weighted by molar-refractivity contribution is 0.390. The van der Waals surface area contributed by atoms with Crippen molar-refractivity contribution in [1.82, 2.24) is 9.97 Å². The van der Waals surface area contributed by atoms with Crippen LogP contribution in [0.2, 0.25) is 5.02 Å². The van der Waals surface area contributed by atoms with Crippen LogP contribution in [0.1, 0.15) is 45.2 Å². The molecule has 0 unspecified atom stereocenters. The zero-order valence-electron chi connectivity index (χ0n) is 11.7. The van der Waals surface area contributed by atoms with Crippen molar-refractivity contribution in [3.8, 4) is 0 Å². The second-order valence-corrected chi connectivity index (χ2v) is 5.50. The molecular weight excluding hydrogens is 258 g/mol. The van der Waals surface area contributed by atoms with Gasteiger partial charge in [0, 0.05) is 6.04 Å². The molecule has 1 heterocycles. The lowest BCUT2D eigenvalue weighted by atomic mass is 9.86. The van der Waals surface area contributed by atoms with Gasteiger partial charge in [-0.15, -0.1) is 0 Å². The summed E-state index contributed by atoms with van der Waals surface area (Å²) in [7, 11) is 0. The van der Waals surface area contributed by atoms with Gasteiger partial charge < -0.3 is 5.32 Å². The number of hydrogen-bond donors (Lipinski definition) is 1. The molecule has 1 N–H and O–H groups in total. The van der Waals surface area contributed by atoms with E-state index >= 15 is 0 Å². The minimum atomic E-state index is 0.485. The van der Waals surface area contributed by atoms with E-state index in [2.05, 4.69) is 41.3 Å². The number of allylic oxidation sites excluding steroid dienone is 2. The Bertz CT molecular complexity index is 437. The van der Waals surface area contributed by atoms with E-state index < -0.39 is 0 Å². The lowest BCUT2D eigenvalue weighted by Crippen LogP contribution is -2.26. The molecule has 0 aliphatic heterocycles. The van der Waals surface area contributed by atoms with Crippen LogP contribution in [0.25, 0.3) is 0 Å². The van der Waals surface area contributed by atoms with E-state index in [0.29, 0.717) is 11.1 Å². The van der Waals surface area contributed by atoms with E-state index in [4.69, 9.17) is 11.6 Å². The molecule has 1 aromatic rings. The highest BCUT2D eigenvalue weighted by Crippen LogP contribution is 2.29. The summed E-state index contributed by atoms with van der Waals surface area (Å²) in [5.74, 6) is 1.54.